The van der Waals surface area contributed by atoms with Crippen LogP contribution in [0.5, 0.6) is 11.5 Å². The van der Waals surface area contributed by atoms with Crippen LogP contribution < -0.4 is 20.1 Å². The lowest BCUT2D eigenvalue weighted by molar-refractivity contribution is 0.225. The SMILES string of the molecule is C=CCN1CCC(NC(=NC)NCCCOc2cccc(OC)c2)CC1.I. The van der Waals surface area contributed by atoms with Crippen molar-refractivity contribution in [2.75, 3.05) is 46.9 Å². The molecule has 1 aliphatic heterocycles. The first kappa shape index (κ1) is 23.6. The molecule has 0 aliphatic carbocycles. The van der Waals surface area contributed by atoms with Gasteiger partial charge in [0.25, 0.3) is 0 Å². The summed E-state index contributed by atoms with van der Waals surface area (Å²) in [5, 5.41) is 6.89. The maximum atomic E-state index is 5.75. The van der Waals surface area contributed by atoms with Gasteiger partial charge >= 0.3 is 0 Å². The van der Waals surface area contributed by atoms with Gasteiger partial charge in [-0.25, -0.2) is 0 Å². The summed E-state index contributed by atoms with van der Waals surface area (Å²) in [7, 11) is 3.47. The topological polar surface area (TPSA) is 58.1 Å². The first-order valence-electron chi connectivity index (χ1n) is 9.32. The number of hydrogen-bond acceptors (Lipinski definition) is 4. The first-order chi connectivity index (χ1) is 12.7. The van der Waals surface area contributed by atoms with Crippen LogP contribution in [0.3, 0.4) is 0 Å². The predicted octanol–water partition coefficient (Wildman–Crippen LogP) is 2.90. The summed E-state index contributed by atoms with van der Waals surface area (Å²) in [6.07, 6.45) is 5.14. The summed E-state index contributed by atoms with van der Waals surface area (Å²) < 4.78 is 11.0. The molecule has 152 valence electrons. The Morgan fingerprint density at radius 1 is 1.33 bits per heavy atom. The summed E-state index contributed by atoms with van der Waals surface area (Å²) >= 11 is 0. The lowest BCUT2D eigenvalue weighted by atomic mass is 10.1. The van der Waals surface area contributed by atoms with E-state index >= 15 is 0 Å². The van der Waals surface area contributed by atoms with Gasteiger partial charge in [0.15, 0.2) is 5.96 Å². The van der Waals surface area contributed by atoms with E-state index < -0.39 is 0 Å². The van der Waals surface area contributed by atoms with E-state index in [1.165, 1.54) is 0 Å². The molecular weight excluding hydrogens is 455 g/mol. The van der Waals surface area contributed by atoms with Crippen LogP contribution >= 0.6 is 24.0 Å². The molecule has 27 heavy (non-hydrogen) atoms. The second-order valence-electron chi connectivity index (χ2n) is 6.39. The van der Waals surface area contributed by atoms with Crippen molar-refractivity contribution in [2.45, 2.75) is 25.3 Å². The molecule has 2 N–H and O–H groups in total. The van der Waals surface area contributed by atoms with Crippen molar-refractivity contribution in [3.05, 3.63) is 36.9 Å². The third-order valence-electron chi connectivity index (χ3n) is 4.46. The molecule has 1 aromatic carbocycles. The molecule has 1 heterocycles. The lowest BCUT2D eigenvalue weighted by Crippen LogP contribution is -2.48. The van der Waals surface area contributed by atoms with E-state index in [0.29, 0.717) is 12.6 Å². The Morgan fingerprint density at radius 2 is 2.07 bits per heavy atom. The average Bonchev–Trinajstić information content (AvgIpc) is 2.68. The normalized spacial score (nSPS) is 15.6. The minimum atomic E-state index is 0. The number of nitrogens with one attached hydrogen (secondary N) is 2. The maximum absolute atomic E-state index is 5.75. The summed E-state index contributed by atoms with van der Waals surface area (Å²) in [4.78, 5) is 6.75. The number of ether oxygens (including phenoxy) is 2. The van der Waals surface area contributed by atoms with E-state index in [2.05, 4.69) is 27.1 Å². The number of rotatable bonds is 9. The highest BCUT2D eigenvalue weighted by atomic mass is 127. The number of nitrogens with zero attached hydrogens (tertiary/aromatic N) is 2. The molecule has 0 unspecified atom stereocenters. The standard InChI is InChI=1S/C20H32N4O2.HI/c1-4-12-24-13-9-17(10-14-24)23-20(21-2)22-11-6-15-26-19-8-5-7-18(16-19)25-3;/h4-5,7-8,16-17H,1,6,9-15H2,2-3H3,(H2,21,22,23);1H. The molecule has 0 aromatic heterocycles. The summed E-state index contributed by atoms with van der Waals surface area (Å²) in [6, 6.07) is 8.15. The van der Waals surface area contributed by atoms with E-state index in [0.717, 1.165) is 62.9 Å². The minimum Gasteiger partial charge on any atom is -0.497 e. The van der Waals surface area contributed by atoms with Gasteiger partial charge < -0.3 is 20.1 Å². The molecule has 0 amide bonds. The Balaban J connectivity index is 0.00000364. The molecule has 0 radical (unpaired) electrons. The molecule has 7 heteroatoms. The fourth-order valence-corrected chi connectivity index (χ4v) is 2.99. The van der Waals surface area contributed by atoms with Gasteiger partial charge in [-0.1, -0.05) is 12.1 Å². The molecule has 1 aliphatic rings. The van der Waals surface area contributed by atoms with Gasteiger partial charge in [-0.2, -0.15) is 0 Å². The number of benzene rings is 1. The monoisotopic (exact) mass is 488 g/mol. The van der Waals surface area contributed by atoms with Crippen LogP contribution in [0.1, 0.15) is 19.3 Å². The van der Waals surface area contributed by atoms with E-state index in [4.69, 9.17) is 9.47 Å². The molecule has 0 saturated carbocycles. The number of guanidine groups is 1. The highest BCUT2D eigenvalue weighted by Crippen LogP contribution is 2.18. The van der Waals surface area contributed by atoms with E-state index in [-0.39, 0.29) is 24.0 Å². The van der Waals surface area contributed by atoms with Crippen molar-refractivity contribution in [3.8, 4) is 11.5 Å². The Morgan fingerprint density at radius 3 is 2.74 bits per heavy atom. The van der Waals surface area contributed by atoms with Crippen LogP contribution in [0.4, 0.5) is 0 Å². The van der Waals surface area contributed by atoms with Gasteiger partial charge in [0.2, 0.25) is 0 Å². The summed E-state index contributed by atoms with van der Waals surface area (Å²) in [6.45, 7) is 8.47. The van der Waals surface area contributed by atoms with Crippen LogP contribution in [0, 0.1) is 0 Å². The van der Waals surface area contributed by atoms with Crippen molar-refractivity contribution in [2.24, 2.45) is 4.99 Å². The second kappa shape index (κ2) is 13.7. The van der Waals surface area contributed by atoms with E-state index in [1.807, 2.05) is 37.4 Å². The molecule has 6 nitrogen and oxygen atoms in total. The molecule has 0 bridgehead atoms. The van der Waals surface area contributed by atoms with Gasteiger partial charge in [-0.15, -0.1) is 30.6 Å². The number of likely N-dealkylation sites (tertiary alicyclic amines) is 1. The molecule has 0 spiro atoms. The predicted molar refractivity (Wildman–Crippen MR) is 123 cm³/mol. The van der Waals surface area contributed by atoms with Crippen molar-refractivity contribution in [3.63, 3.8) is 0 Å². The molecule has 1 fully saturated rings. The van der Waals surface area contributed by atoms with Crippen LogP contribution in [0.15, 0.2) is 41.9 Å². The van der Waals surface area contributed by atoms with Gasteiger partial charge in [0.1, 0.15) is 11.5 Å². The number of aliphatic imine (C=N–C) groups is 1. The number of piperidine rings is 1. The zero-order chi connectivity index (χ0) is 18.6. The molecular formula is C20H33IN4O2. The van der Waals surface area contributed by atoms with Gasteiger partial charge in [0.05, 0.1) is 13.7 Å². The molecule has 2 rings (SSSR count). The summed E-state index contributed by atoms with van der Waals surface area (Å²) in [5.74, 6) is 2.51. The largest absolute Gasteiger partial charge is 0.497 e. The third-order valence-corrected chi connectivity index (χ3v) is 4.46. The quantitative estimate of drug-likeness (QED) is 0.184. The molecule has 1 saturated heterocycles. The highest BCUT2D eigenvalue weighted by molar-refractivity contribution is 14.0. The summed E-state index contributed by atoms with van der Waals surface area (Å²) in [5.41, 5.74) is 0. The smallest absolute Gasteiger partial charge is 0.191 e. The molecule has 1 aromatic rings. The first-order valence-corrected chi connectivity index (χ1v) is 9.32. The lowest BCUT2D eigenvalue weighted by Gasteiger charge is -2.32. The average molecular weight is 488 g/mol. The number of methoxy groups -OCH3 is 1. The van der Waals surface area contributed by atoms with Crippen molar-refractivity contribution < 1.29 is 9.47 Å². The van der Waals surface area contributed by atoms with Gasteiger partial charge in [-0.05, 0) is 31.4 Å². The van der Waals surface area contributed by atoms with Crippen molar-refractivity contribution in [1.29, 1.82) is 0 Å². The van der Waals surface area contributed by atoms with Crippen molar-refractivity contribution in [1.82, 2.24) is 15.5 Å². The van der Waals surface area contributed by atoms with Crippen LogP contribution in [0.25, 0.3) is 0 Å². The fourth-order valence-electron chi connectivity index (χ4n) is 2.99. The second-order valence-corrected chi connectivity index (χ2v) is 6.39. The van der Waals surface area contributed by atoms with Crippen molar-refractivity contribution >= 4 is 29.9 Å². The Bertz CT molecular complexity index is 575. The van der Waals surface area contributed by atoms with E-state index in [1.54, 1.807) is 7.11 Å². The Labute approximate surface area is 180 Å². The Hall–Kier alpha value is -1.48. The fraction of sp³-hybridized carbons (Fsp3) is 0.550. The van der Waals surface area contributed by atoms with Crippen LogP contribution in [0.2, 0.25) is 0 Å². The Kier molecular flexibility index (Phi) is 11.9. The maximum Gasteiger partial charge on any atom is 0.191 e. The zero-order valence-corrected chi connectivity index (χ0v) is 18.8. The minimum absolute atomic E-state index is 0. The number of halogens is 1. The van der Waals surface area contributed by atoms with Crippen LogP contribution in [-0.4, -0.2) is 63.8 Å². The molecule has 0 atom stereocenters. The number of hydrogen-bond donors (Lipinski definition) is 2. The van der Waals surface area contributed by atoms with Gasteiger partial charge in [-0.3, -0.25) is 9.89 Å². The third kappa shape index (κ3) is 8.83. The van der Waals surface area contributed by atoms with Gasteiger partial charge in [0, 0.05) is 45.3 Å². The van der Waals surface area contributed by atoms with Crippen LogP contribution in [-0.2, 0) is 0 Å². The zero-order valence-electron chi connectivity index (χ0n) is 16.4. The highest BCUT2D eigenvalue weighted by Gasteiger charge is 2.18. The van der Waals surface area contributed by atoms with E-state index in [9.17, 15) is 0 Å².